The molecule has 0 unspecified atom stereocenters. The van der Waals surface area contributed by atoms with E-state index in [1.807, 2.05) is 12.1 Å². The van der Waals surface area contributed by atoms with E-state index >= 15 is 0 Å². The minimum Gasteiger partial charge on any atom is -0.248 e. The van der Waals surface area contributed by atoms with Gasteiger partial charge in [-0.25, -0.2) is 9.97 Å². The molecule has 2 heterocycles. The predicted octanol–water partition coefficient (Wildman–Crippen LogP) is 13.8. The summed E-state index contributed by atoms with van der Waals surface area (Å²) in [6.45, 7) is 0. The van der Waals surface area contributed by atoms with Crippen molar-refractivity contribution in [3.05, 3.63) is 218 Å². The lowest BCUT2D eigenvalue weighted by atomic mass is 9.97. The van der Waals surface area contributed by atoms with Crippen molar-refractivity contribution in [3.8, 4) is 89.5 Å². The van der Waals surface area contributed by atoms with Crippen molar-refractivity contribution in [1.29, 1.82) is 0 Å². The zero-order valence-corrected chi connectivity index (χ0v) is 29.7. The molecule has 0 spiro atoms. The molecule has 0 bridgehead atoms. The zero-order chi connectivity index (χ0) is 36.1. The molecule has 0 aliphatic carbocycles. The van der Waals surface area contributed by atoms with Crippen LogP contribution in [-0.2, 0) is 0 Å². The summed E-state index contributed by atoms with van der Waals surface area (Å²) in [5, 5.41) is 0. The normalized spacial score (nSPS) is 11.0. The van der Waals surface area contributed by atoms with E-state index in [9.17, 15) is 0 Å². The molecule has 254 valence electrons. The summed E-state index contributed by atoms with van der Waals surface area (Å²) < 4.78 is 0. The van der Waals surface area contributed by atoms with Crippen LogP contribution in [-0.4, -0.2) is 9.97 Å². The van der Waals surface area contributed by atoms with Crippen molar-refractivity contribution in [2.24, 2.45) is 0 Å². The van der Waals surface area contributed by atoms with Crippen LogP contribution in [0.1, 0.15) is 0 Å². The summed E-state index contributed by atoms with van der Waals surface area (Å²) in [4.78, 5) is 10.5. The standard InChI is InChI=1S/C52H36N2/c1-5-13-37(14-6-1)41-21-25-43(26-22-41)49-33-47(39-17-9-3-10-18-39)35-51(53-49)45-29-31-46(32-30-45)52-36-48(40-19-11-4-12-20-40)34-50(54-52)44-27-23-42(24-28-44)38-15-7-2-8-16-38/h1-36H. The highest BCUT2D eigenvalue weighted by Crippen LogP contribution is 2.35. The van der Waals surface area contributed by atoms with E-state index in [4.69, 9.17) is 9.97 Å². The largest absolute Gasteiger partial charge is 0.248 e. The Kier molecular flexibility index (Phi) is 8.99. The minimum absolute atomic E-state index is 0.926. The van der Waals surface area contributed by atoms with Gasteiger partial charge >= 0.3 is 0 Å². The maximum atomic E-state index is 5.23. The average Bonchev–Trinajstić information content (AvgIpc) is 3.27. The van der Waals surface area contributed by atoms with Crippen LogP contribution in [0.4, 0.5) is 0 Å². The minimum atomic E-state index is 0.926. The molecular weight excluding hydrogens is 653 g/mol. The van der Waals surface area contributed by atoms with Crippen LogP contribution in [0.3, 0.4) is 0 Å². The average molecular weight is 689 g/mol. The van der Waals surface area contributed by atoms with Gasteiger partial charge in [-0.05, 0) is 68.8 Å². The third-order valence-corrected chi connectivity index (χ3v) is 9.92. The van der Waals surface area contributed by atoms with Gasteiger partial charge in [-0.3, -0.25) is 0 Å². The zero-order valence-electron chi connectivity index (χ0n) is 29.7. The second kappa shape index (κ2) is 14.8. The Labute approximate surface area is 316 Å². The summed E-state index contributed by atoms with van der Waals surface area (Å²) in [7, 11) is 0. The first-order chi connectivity index (χ1) is 26.7. The smallest absolute Gasteiger partial charge is 0.0715 e. The highest BCUT2D eigenvalue weighted by molar-refractivity contribution is 5.81. The van der Waals surface area contributed by atoms with Crippen molar-refractivity contribution < 1.29 is 0 Å². The molecule has 0 N–H and O–H groups in total. The molecule has 9 rings (SSSR count). The van der Waals surface area contributed by atoms with Crippen LogP contribution in [0.15, 0.2) is 218 Å². The second-order valence-electron chi connectivity index (χ2n) is 13.4. The third kappa shape index (κ3) is 7.01. The van der Waals surface area contributed by atoms with Gasteiger partial charge in [0.05, 0.1) is 22.8 Å². The molecule has 0 saturated carbocycles. The van der Waals surface area contributed by atoms with Crippen LogP contribution in [0.2, 0.25) is 0 Å². The van der Waals surface area contributed by atoms with E-state index in [1.165, 1.54) is 22.3 Å². The van der Waals surface area contributed by atoms with Crippen LogP contribution in [0.25, 0.3) is 89.5 Å². The number of hydrogen-bond donors (Lipinski definition) is 0. The van der Waals surface area contributed by atoms with Crippen LogP contribution >= 0.6 is 0 Å². The molecule has 9 aromatic rings. The molecular formula is C52H36N2. The van der Waals surface area contributed by atoms with Crippen molar-refractivity contribution in [3.63, 3.8) is 0 Å². The fraction of sp³-hybridized carbons (Fsp3) is 0. The Morgan fingerprint density at radius 2 is 0.352 bits per heavy atom. The first kappa shape index (κ1) is 32.7. The SMILES string of the molecule is c1ccc(-c2ccc(-c3cc(-c4ccccc4)cc(-c4ccc(-c5cc(-c6ccccc6)cc(-c6ccc(-c7ccccc7)cc6)n5)cc4)n3)cc2)cc1. The molecule has 0 aliphatic rings. The first-order valence-electron chi connectivity index (χ1n) is 18.3. The van der Waals surface area contributed by atoms with E-state index in [-0.39, 0.29) is 0 Å². The summed E-state index contributed by atoms with van der Waals surface area (Å²) in [5.41, 5.74) is 17.4. The topological polar surface area (TPSA) is 25.8 Å². The summed E-state index contributed by atoms with van der Waals surface area (Å²) in [5.74, 6) is 0. The summed E-state index contributed by atoms with van der Waals surface area (Å²) in [6, 6.07) is 76.9. The highest BCUT2D eigenvalue weighted by Gasteiger charge is 2.13. The molecule has 0 aliphatic heterocycles. The van der Waals surface area contributed by atoms with E-state index in [1.54, 1.807) is 0 Å². The number of aromatic nitrogens is 2. The van der Waals surface area contributed by atoms with E-state index in [0.717, 1.165) is 67.3 Å². The Bertz CT molecular complexity index is 2450. The Morgan fingerprint density at radius 3 is 0.593 bits per heavy atom. The van der Waals surface area contributed by atoms with Crippen molar-refractivity contribution in [1.82, 2.24) is 9.97 Å². The van der Waals surface area contributed by atoms with E-state index in [0.29, 0.717) is 0 Å². The quantitative estimate of drug-likeness (QED) is 0.159. The van der Waals surface area contributed by atoms with Crippen LogP contribution in [0, 0.1) is 0 Å². The predicted molar refractivity (Wildman–Crippen MR) is 226 cm³/mol. The molecule has 2 nitrogen and oxygen atoms in total. The Balaban J connectivity index is 1.08. The maximum absolute atomic E-state index is 5.23. The number of pyridine rings is 2. The number of rotatable bonds is 8. The van der Waals surface area contributed by atoms with Crippen molar-refractivity contribution >= 4 is 0 Å². The van der Waals surface area contributed by atoms with Gasteiger partial charge in [-0.2, -0.15) is 0 Å². The fourth-order valence-corrected chi connectivity index (χ4v) is 6.99. The molecule has 2 aromatic heterocycles. The van der Waals surface area contributed by atoms with Crippen molar-refractivity contribution in [2.45, 2.75) is 0 Å². The molecule has 7 aromatic carbocycles. The van der Waals surface area contributed by atoms with Gasteiger partial charge in [0.2, 0.25) is 0 Å². The molecule has 2 heteroatoms. The van der Waals surface area contributed by atoms with Gasteiger partial charge in [0.25, 0.3) is 0 Å². The van der Waals surface area contributed by atoms with E-state index in [2.05, 4.69) is 206 Å². The molecule has 0 radical (unpaired) electrons. The Morgan fingerprint density at radius 1 is 0.167 bits per heavy atom. The lowest BCUT2D eigenvalue weighted by Gasteiger charge is -2.13. The molecule has 0 amide bonds. The van der Waals surface area contributed by atoms with E-state index < -0.39 is 0 Å². The van der Waals surface area contributed by atoms with Gasteiger partial charge in [0.15, 0.2) is 0 Å². The van der Waals surface area contributed by atoms with Crippen LogP contribution in [0.5, 0.6) is 0 Å². The molecule has 0 fully saturated rings. The number of nitrogens with zero attached hydrogens (tertiary/aromatic N) is 2. The maximum Gasteiger partial charge on any atom is 0.0715 e. The van der Waals surface area contributed by atoms with Crippen molar-refractivity contribution in [2.75, 3.05) is 0 Å². The second-order valence-corrected chi connectivity index (χ2v) is 13.4. The molecule has 0 saturated heterocycles. The van der Waals surface area contributed by atoms with Crippen LogP contribution < -0.4 is 0 Å². The molecule has 54 heavy (non-hydrogen) atoms. The number of benzene rings is 7. The third-order valence-electron chi connectivity index (χ3n) is 9.92. The lowest BCUT2D eigenvalue weighted by Crippen LogP contribution is -1.93. The Hall–Kier alpha value is -7.16. The van der Waals surface area contributed by atoms with Gasteiger partial charge in [0, 0.05) is 22.3 Å². The van der Waals surface area contributed by atoms with Gasteiger partial charge in [0.1, 0.15) is 0 Å². The van der Waals surface area contributed by atoms with Gasteiger partial charge < -0.3 is 0 Å². The first-order valence-corrected chi connectivity index (χ1v) is 18.3. The fourth-order valence-electron chi connectivity index (χ4n) is 6.99. The van der Waals surface area contributed by atoms with Gasteiger partial charge in [-0.1, -0.05) is 194 Å². The lowest BCUT2D eigenvalue weighted by molar-refractivity contribution is 1.31. The monoisotopic (exact) mass is 688 g/mol. The highest BCUT2D eigenvalue weighted by atomic mass is 14.7. The number of hydrogen-bond acceptors (Lipinski definition) is 2. The summed E-state index contributed by atoms with van der Waals surface area (Å²) in [6.07, 6.45) is 0. The van der Waals surface area contributed by atoms with Gasteiger partial charge in [-0.15, -0.1) is 0 Å². The summed E-state index contributed by atoms with van der Waals surface area (Å²) >= 11 is 0. The molecule has 0 atom stereocenters.